The molecule has 2 aromatic rings. The van der Waals surface area contributed by atoms with Crippen LogP contribution in [0.15, 0.2) is 46.1 Å². The molecule has 0 bridgehead atoms. The summed E-state index contributed by atoms with van der Waals surface area (Å²) in [5.74, 6) is -0.305. The van der Waals surface area contributed by atoms with Crippen molar-refractivity contribution in [3.05, 3.63) is 68.0 Å². The summed E-state index contributed by atoms with van der Waals surface area (Å²) in [4.78, 5) is 36.1. The quantitative estimate of drug-likeness (QED) is 0.793. The molecule has 1 heterocycles. The first-order valence-corrected chi connectivity index (χ1v) is 6.99. The lowest BCUT2D eigenvalue weighted by Gasteiger charge is -2.08. The molecule has 0 spiro atoms. The van der Waals surface area contributed by atoms with E-state index in [1.807, 2.05) is 6.92 Å². The van der Waals surface area contributed by atoms with Gasteiger partial charge in [0.15, 0.2) is 5.78 Å². The number of hydrogen-bond donors (Lipinski definition) is 0. The summed E-state index contributed by atoms with van der Waals surface area (Å²) in [5.41, 5.74) is -0.530. The zero-order valence-corrected chi connectivity index (χ0v) is 12.3. The van der Waals surface area contributed by atoms with Crippen LogP contribution in [0, 0.1) is 0 Å². The number of halogens is 1. The van der Waals surface area contributed by atoms with Crippen molar-refractivity contribution in [1.29, 1.82) is 0 Å². The van der Waals surface area contributed by atoms with E-state index in [0.29, 0.717) is 17.1 Å². The average Bonchev–Trinajstić information content (AvgIpc) is 2.47. The van der Waals surface area contributed by atoms with Crippen molar-refractivity contribution in [3.8, 4) is 0 Å². The summed E-state index contributed by atoms with van der Waals surface area (Å²) in [5, 5.41) is 0.522. The number of nitrogens with zero attached hydrogens (tertiary/aromatic N) is 2. The van der Waals surface area contributed by atoms with E-state index in [1.54, 1.807) is 24.3 Å². The minimum absolute atomic E-state index is 0.274. The van der Waals surface area contributed by atoms with Gasteiger partial charge < -0.3 is 4.57 Å². The van der Waals surface area contributed by atoms with Gasteiger partial charge in [0.2, 0.25) is 0 Å². The van der Waals surface area contributed by atoms with Crippen molar-refractivity contribution in [2.24, 2.45) is 0 Å². The molecule has 0 fully saturated rings. The molecule has 0 radical (unpaired) electrons. The van der Waals surface area contributed by atoms with Crippen LogP contribution in [0.2, 0.25) is 5.02 Å². The third-order valence-electron chi connectivity index (χ3n) is 3.07. The SMILES string of the molecule is CCCn1ccc(=O)n(CC(=O)c2ccc(Cl)cc2)c1=O. The summed E-state index contributed by atoms with van der Waals surface area (Å²) < 4.78 is 2.38. The maximum atomic E-state index is 12.2. The highest BCUT2D eigenvalue weighted by Gasteiger charge is 2.11. The molecular weight excluding hydrogens is 292 g/mol. The van der Waals surface area contributed by atoms with Gasteiger partial charge in [-0.2, -0.15) is 0 Å². The molecule has 0 saturated heterocycles. The third-order valence-corrected chi connectivity index (χ3v) is 3.32. The maximum absolute atomic E-state index is 12.2. The van der Waals surface area contributed by atoms with E-state index in [-0.39, 0.29) is 12.3 Å². The fourth-order valence-electron chi connectivity index (χ4n) is 1.98. The molecule has 0 unspecified atom stereocenters. The molecule has 0 N–H and O–H groups in total. The van der Waals surface area contributed by atoms with E-state index in [9.17, 15) is 14.4 Å². The van der Waals surface area contributed by atoms with E-state index in [1.165, 1.54) is 16.8 Å². The van der Waals surface area contributed by atoms with Gasteiger partial charge in [-0.05, 0) is 30.7 Å². The van der Waals surface area contributed by atoms with Gasteiger partial charge in [0.25, 0.3) is 5.56 Å². The van der Waals surface area contributed by atoms with Crippen molar-refractivity contribution in [2.75, 3.05) is 0 Å². The van der Waals surface area contributed by atoms with Gasteiger partial charge in [-0.3, -0.25) is 14.2 Å². The number of hydrogen-bond acceptors (Lipinski definition) is 3. The van der Waals surface area contributed by atoms with Crippen LogP contribution in [0.4, 0.5) is 0 Å². The number of carbonyl (C=O) groups excluding carboxylic acids is 1. The zero-order valence-electron chi connectivity index (χ0n) is 11.6. The van der Waals surface area contributed by atoms with Crippen molar-refractivity contribution >= 4 is 17.4 Å². The summed E-state index contributed by atoms with van der Waals surface area (Å²) in [6.07, 6.45) is 2.22. The monoisotopic (exact) mass is 306 g/mol. The Morgan fingerprint density at radius 2 is 1.81 bits per heavy atom. The van der Waals surface area contributed by atoms with Crippen LogP contribution in [0.3, 0.4) is 0 Å². The van der Waals surface area contributed by atoms with E-state index in [2.05, 4.69) is 0 Å². The number of aryl methyl sites for hydroxylation is 1. The number of carbonyl (C=O) groups is 1. The minimum atomic E-state index is -0.477. The molecule has 0 atom stereocenters. The summed E-state index contributed by atoms with van der Waals surface area (Å²) in [6, 6.07) is 7.63. The molecule has 0 saturated carbocycles. The van der Waals surface area contributed by atoms with Gasteiger partial charge >= 0.3 is 5.69 Å². The Labute approximate surface area is 126 Å². The molecule has 0 aliphatic rings. The smallest absolute Gasteiger partial charge is 0.300 e. The first kappa shape index (κ1) is 15.3. The van der Waals surface area contributed by atoms with Gasteiger partial charge in [-0.1, -0.05) is 18.5 Å². The van der Waals surface area contributed by atoms with E-state index in [0.717, 1.165) is 11.0 Å². The fraction of sp³-hybridized carbons (Fsp3) is 0.267. The Bertz CT molecular complexity index is 760. The molecule has 1 aromatic heterocycles. The molecular formula is C15H15ClN2O3. The van der Waals surface area contributed by atoms with Crippen LogP contribution in [0.5, 0.6) is 0 Å². The molecule has 0 aliphatic carbocycles. The Morgan fingerprint density at radius 3 is 2.43 bits per heavy atom. The predicted molar refractivity (Wildman–Crippen MR) is 81.0 cm³/mol. The summed E-state index contributed by atoms with van der Waals surface area (Å²) in [6.45, 7) is 2.17. The number of benzene rings is 1. The number of Topliss-reactive ketones (excluding diaryl/α,β-unsaturated/α-hetero) is 1. The topological polar surface area (TPSA) is 61.1 Å². The number of rotatable bonds is 5. The largest absolute Gasteiger partial charge is 0.331 e. The molecule has 5 nitrogen and oxygen atoms in total. The van der Waals surface area contributed by atoms with Gasteiger partial charge in [0.1, 0.15) is 0 Å². The Hall–Kier alpha value is -2.14. The zero-order chi connectivity index (χ0) is 15.4. The molecule has 21 heavy (non-hydrogen) atoms. The highest BCUT2D eigenvalue weighted by atomic mass is 35.5. The first-order chi connectivity index (χ1) is 10.0. The van der Waals surface area contributed by atoms with Gasteiger partial charge in [0, 0.05) is 29.4 Å². The standard InChI is InChI=1S/C15H15ClN2O3/c1-2-8-17-9-7-14(20)18(15(17)21)10-13(19)11-3-5-12(16)6-4-11/h3-7,9H,2,8,10H2,1H3. The molecule has 0 aliphatic heterocycles. The van der Waals surface area contributed by atoms with Crippen molar-refractivity contribution in [2.45, 2.75) is 26.4 Å². The average molecular weight is 307 g/mol. The van der Waals surface area contributed by atoms with E-state index < -0.39 is 11.2 Å². The maximum Gasteiger partial charge on any atom is 0.331 e. The second-order valence-electron chi connectivity index (χ2n) is 4.65. The number of aromatic nitrogens is 2. The Kier molecular flexibility index (Phi) is 4.75. The van der Waals surface area contributed by atoms with Crippen LogP contribution in [-0.4, -0.2) is 14.9 Å². The van der Waals surface area contributed by atoms with Crippen LogP contribution >= 0.6 is 11.6 Å². The Morgan fingerprint density at radius 1 is 1.14 bits per heavy atom. The van der Waals surface area contributed by atoms with Crippen LogP contribution in [0.25, 0.3) is 0 Å². The lowest BCUT2D eigenvalue weighted by Crippen LogP contribution is -2.40. The van der Waals surface area contributed by atoms with E-state index in [4.69, 9.17) is 11.6 Å². The summed E-state index contributed by atoms with van der Waals surface area (Å²) >= 11 is 5.76. The normalized spacial score (nSPS) is 10.6. The van der Waals surface area contributed by atoms with Crippen molar-refractivity contribution in [1.82, 2.24) is 9.13 Å². The molecule has 110 valence electrons. The van der Waals surface area contributed by atoms with Gasteiger partial charge in [-0.25, -0.2) is 4.79 Å². The van der Waals surface area contributed by atoms with E-state index >= 15 is 0 Å². The van der Waals surface area contributed by atoms with Crippen LogP contribution in [0.1, 0.15) is 23.7 Å². The van der Waals surface area contributed by atoms with Crippen LogP contribution < -0.4 is 11.2 Å². The second kappa shape index (κ2) is 6.54. The van der Waals surface area contributed by atoms with Crippen LogP contribution in [-0.2, 0) is 13.1 Å². The predicted octanol–water partition coefficient (Wildman–Crippen LogP) is 1.96. The van der Waals surface area contributed by atoms with Gasteiger partial charge in [0.05, 0.1) is 6.54 Å². The highest BCUT2D eigenvalue weighted by molar-refractivity contribution is 6.30. The third kappa shape index (κ3) is 3.49. The lowest BCUT2D eigenvalue weighted by molar-refractivity contribution is 0.0968. The lowest BCUT2D eigenvalue weighted by atomic mass is 10.1. The number of ketones is 1. The highest BCUT2D eigenvalue weighted by Crippen LogP contribution is 2.10. The Balaban J connectivity index is 2.33. The first-order valence-electron chi connectivity index (χ1n) is 6.62. The van der Waals surface area contributed by atoms with Gasteiger partial charge in [-0.15, -0.1) is 0 Å². The minimum Gasteiger partial charge on any atom is -0.300 e. The molecule has 6 heteroatoms. The summed E-state index contributed by atoms with van der Waals surface area (Å²) in [7, 11) is 0. The molecule has 0 amide bonds. The molecule has 2 rings (SSSR count). The van der Waals surface area contributed by atoms with Crippen molar-refractivity contribution in [3.63, 3.8) is 0 Å². The molecule has 1 aromatic carbocycles. The fourth-order valence-corrected chi connectivity index (χ4v) is 2.11. The second-order valence-corrected chi connectivity index (χ2v) is 5.08. The van der Waals surface area contributed by atoms with Crippen molar-refractivity contribution < 1.29 is 4.79 Å².